The van der Waals surface area contributed by atoms with Gasteiger partial charge in [0.05, 0.1) is 0 Å². The van der Waals surface area contributed by atoms with Crippen molar-refractivity contribution in [3.05, 3.63) is 71.3 Å². The predicted octanol–water partition coefficient (Wildman–Crippen LogP) is 4.12. The lowest BCUT2D eigenvalue weighted by Gasteiger charge is -2.27. The van der Waals surface area contributed by atoms with E-state index in [0.717, 1.165) is 13.1 Å². The van der Waals surface area contributed by atoms with E-state index in [-0.39, 0.29) is 6.04 Å². The molecule has 0 aromatic heterocycles. The van der Waals surface area contributed by atoms with Crippen molar-refractivity contribution < 1.29 is 0 Å². The molecule has 0 aliphatic heterocycles. The van der Waals surface area contributed by atoms with E-state index < -0.39 is 0 Å². The van der Waals surface area contributed by atoms with E-state index in [4.69, 9.17) is 5.73 Å². The van der Waals surface area contributed by atoms with E-state index in [0.29, 0.717) is 6.04 Å². The molecule has 1 unspecified atom stereocenters. The SMILES string of the molecule is CC(N)c1ccc(CN(Cc2ccccc2)C(C)C)cc1. The molecule has 2 aromatic rings. The van der Waals surface area contributed by atoms with Crippen molar-refractivity contribution in [2.24, 2.45) is 5.73 Å². The number of benzene rings is 2. The molecule has 1 atom stereocenters. The smallest absolute Gasteiger partial charge is 0.0266 e. The minimum Gasteiger partial charge on any atom is -0.324 e. The first-order chi connectivity index (χ1) is 10.1. The summed E-state index contributed by atoms with van der Waals surface area (Å²) in [5.74, 6) is 0. The first-order valence-corrected chi connectivity index (χ1v) is 7.68. The number of hydrogen-bond donors (Lipinski definition) is 1. The van der Waals surface area contributed by atoms with E-state index in [1.165, 1.54) is 16.7 Å². The van der Waals surface area contributed by atoms with Crippen LogP contribution in [0.3, 0.4) is 0 Å². The van der Waals surface area contributed by atoms with E-state index in [2.05, 4.69) is 73.3 Å². The molecule has 0 heterocycles. The summed E-state index contributed by atoms with van der Waals surface area (Å²) in [6.07, 6.45) is 0. The Balaban J connectivity index is 2.06. The van der Waals surface area contributed by atoms with Crippen LogP contribution in [0.4, 0.5) is 0 Å². The van der Waals surface area contributed by atoms with Crippen molar-refractivity contribution in [3.8, 4) is 0 Å². The topological polar surface area (TPSA) is 29.3 Å². The Morgan fingerprint density at radius 3 is 1.81 bits per heavy atom. The molecule has 0 aliphatic rings. The Labute approximate surface area is 128 Å². The van der Waals surface area contributed by atoms with Gasteiger partial charge in [-0.15, -0.1) is 0 Å². The van der Waals surface area contributed by atoms with Gasteiger partial charge in [-0.05, 0) is 37.5 Å². The Kier molecular flexibility index (Phi) is 5.54. The van der Waals surface area contributed by atoms with Crippen molar-refractivity contribution >= 4 is 0 Å². The molecule has 112 valence electrons. The third-order valence-corrected chi connectivity index (χ3v) is 3.85. The average Bonchev–Trinajstić information content (AvgIpc) is 2.48. The van der Waals surface area contributed by atoms with Gasteiger partial charge < -0.3 is 5.73 Å². The molecule has 0 aliphatic carbocycles. The van der Waals surface area contributed by atoms with E-state index >= 15 is 0 Å². The summed E-state index contributed by atoms with van der Waals surface area (Å²) in [6.45, 7) is 8.46. The van der Waals surface area contributed by atoms with Crippen LogP contribution in [0.25, 0.3) is 0 Å². The standard InChI is InChI=1S/C19H26N2/c1-15(2)21(13-17-7-5-4-6-8-17)14-18-9-11-19(12-10-18)16(3)20/h4-12,15-16H,13-14,20H2,1-3H3. The summed E-state index contributed by atoms with van der Waals surface area (Å²) in [5.41, 5.74) is 9.79. The van der Waals surface area contributed by atoms with E-state index in [9.17, 15) is 0 Å². The minimum atomic E-state index is 0.101. The highest BCUT2D eigenvalue weighted by Gasteiger charge is 2.11. The molecule has 0 radical (unpaired) electrons. The molecular weight excluding hydrogens is 256 g/mol. The molecule has 2 nitrogen and oxygen atoms in total. The van der Waals surface area contributed by atoms with Gasteiger partial charge in [-0.25, -0.2) is 0 Å². The predicted molar refractivity (Wildman–Crippen MR) is 89.9 cm³/mol. The molecule has 21 heavy (non-hydrogen) atoms. The second-order valence-corrected chi connectivity index (χ2v) is 6.01. The Morgan fingerprint density at radius 2 is 1.33 bits per heavy atom. The van der Waals surface area contributed by atoms with Crippen molar-refractivity contribution in [2.45, 2.75) is 45.9 Å². The molecular formula is C19H26N2. The molecule has 0 spiro atoms. The van der Waals surface area contributed by atoms with Gasteiger partial charge in [0.15, 0.2) is 0 Å². The minimum absolute atomic E-state index is 0.101. The molecule has 0 saturated heterocycles. The molecule has 2 N–H and O–H groups in total. The molecule has 0 saturated carbocycles. The van der Waals surface area contributed by atoms with Crippen LogP contribution in [0.15, 0.2) is 54.6 Å². The van der Waals surface area contributed by atoms with Gasteiger partial charge in [-0.1, -0.05) is 54.6 Å². The van der Waals surface area contributed by atoms with Crippen molar-refractivity contribution in [1.29, 1.82) is 0 Å². The van der Waals surface area contributed by atoms with Gasteiger partial charge in [0.1, 0.15) is 0 Å². The second-order valence-electron chi connectivity index (χ2n) is 6.01. The van der Waals surface area contributed by atoms with Crippen LogP contribution >= 0.6 is 0 Å². The number of rotatable bonds is 6. The van der Waals surface area contributed by atoms with Gasteiger partial charge in [-0.3, -0.25) is 4.90 Å². The molecule has 2 heteroatoms. The van der Waals surface area contributed by atoms with Gasteiger partial charge in [0, 0.05) is 25.2 Å². The average molecular weight is 282 g/mol. The quantitative estimate of drug-likeness (QED) is 0.863. The van der Waals surface area contributed by atoms with Gasteiger partial charge in [0.2, 0.25) is 0 Å². The van der Waals surface area contributed by atoms with Crippen molar-refractivity contribution in [2.75, 3.05) is 0 Å². The summed E-state index contributed by atoms with van der Waals surface area (Å²) in [7, 11) is 0. The summed E-state index contributed by atoms with van der Waals surface area (Å²) in [4.78, 5) is 2.48. The fourth-order valence-corrected chi connectivity index (χ4v) is 2.40. The van der Waals surface area contributed by atoms with Gasteiger partial charge in [-0.2, -0.15) is 0 Å². The summed E-state index contributed by atoms with van der Waals surface area (Å²) in [6, 6.07) is 19.9. The molecule has 0 bridgehead atoms. The molecule has 0 amide bonds. The van der Waals surface area contributed by atoms with Gasteiger partial charge in [0.25, 0.3) is 0 Å². The zero-order valence-corrected chi connectivity index (χ0v) is 13.3. The van der Waals surface area contributed by atoms with E-state index in [1.807, 2.05) is 6.92 Å². The number of nitrogens with two attached hydrogens (primary N) is 1. The van der Waals surface area contributed by atoms with Crippen LogP contribution in [-0.4, -0.2) is 10.9 Å². The second kappa shape index (κ2) is 7.39. The monoisotopic (exact) mass is 282 g/mol. The maximum absolute atomic E-state index is 5.91. The lowest BCUT2D eigenvalue weighted by atomic mass is 10.1. The normalized spacial score (nSPS) is 12.9. The molecule has 0 fully saturated rings. The summed E-state index contributed by atoms with van der Waals surface area (Å²) < 4.78 is 0. The lowest BCUT2D eigenvalue weighted by Crippen LogP contribution is -2.29. The van der Waals surface area contributed by atoms with Gasteiger partial charge >= 0.3 is 0 Å². The maximum atomic E-state index is 5.91. The first-order valence-electron chi connectivity index (χ1n) is 7.68. The van der Waals surface area contributed by atoms with E-state index in [1.54, 1.807) is 0 Å². The highest BCUT2D eigenvalue weighted by molar-refractivity contribution is 5.24. The van der Waals surface area contributed by atoms with Crippen LogP contribution in [-0.2, 0) is 13.1 Å². The largest absolute Gasteiger partial charge is 0.324 e. The van der Waals surface area contributed by atoms with Crippen LogP contribution in [0.2, 0.25) is 0 Å². The summed E-state index contributed by atoms with van der Waals surface area (Å²) in [5, 5.41) is 0. The third kappa shape index (κ3) is 4.69. The zero-order valence-electron chi connectivity index (χ0n) is 13.3. The van der Waals surface area contributed by atoms with Crippen LogP contribution in [0, 0.1) is 0 Å². The van der Waals surface area contributed by atoms with Crippen LogP contribution in [0.5, 0.6) is 0 Å². The fourth-order valence-electron chi connectivity index (χ4n) is 2.40. The summed E-state index contributed by atoms with van der Waals surface area (Å²) >= 11 is 0. The maximum Gasteiger partial charge on any atom is 0.0266 e. The van der Waals surface area contributed by atoms with Crippen molar-refractivity contribution in [3.63, 3.8) is 0 Å². The Hall–Kier alpha value is -1.64. The zero-order chi connectivity index (χ0) is 15.2. The number of hydrogen-bond acceptors (Lipinski definition) is 2. The first kappa shape index (κ1) is 15.7. The third-order valence-electron chi connectivity index (χ3n) is 3.85. The highest BCUT2D eigenvalue weighted by Crippen LogP contribution is 2.16. The van der Waals surface area contributed by atoms with Crippen LogP contribution in [0.1, 0.15) is 43.5 Å². The molecule has 2 rings (SSSR count). The van der Waals surface area contributed by atoms with Crippen LogP contribution < -0.4 is 5.73 Å². The van der Waals surface area contributed by atoms with Crippen molar-refractivity contribution in [1.82, 2.24) is 4.90 Å². The highest BCUT2D eigenvalue weighted by atomic mass is 15.1. The fraction of sp³-hybridized carbons (Fsp3) is 0.368. The number of nitrogens with zero attached hydrogens (tertiary/aromatic N) is 1. The lowest BCUT2D eigenvalue weighted by molar-refractivity contribution is 0.203. The molecule has 2 aromatic carbocycles. The Morgan fingerprint density at radius 1 is 0.810 bits per heavy atom. The Bertz CT molecular complexity index is 529.